The standard InChI is InChI=1S/C3H4O.Zn/c1-2-3-4;/h2-3H,1H2;. The van der Waals surface area contributed by atoms with E-state index in [1.807, 2.05) is 0 Å². The third-order valence-corrected chi connectivity index (χ3v) is 0.0962. The molecule has 0 rings (SSSR count). The molecule has 0 aliphatic heterocycles. The van der Waals surface area contributed by atoms with Gasteiger partial charge in [0.05, 0.1) is 0 Å². The molecule has 0 aromatic rings. The Morgan fingerprint density at radius 2 is 1.80 bits per heavy atom. The van der Waals surface area contributed by atoms with E-state index >= 15 is 0 Å². The van der Waals surface area contributed by atoms with Gasteiger partial charge in [0.15, 0.2) is 0 Å². The molecule has 0 heterocycles. The average molecular weight is 121 g/mol. The normalized spacial score (nSPS) is 4.00. The van der Waals surface area contributed by atoms with Crippen molar-refractivity contribution >= 4 is 6.29 Å². The molecule has 0 aliphatic rings. The SMILES string of the molecule is C=CC=O.[Zn]. The Hall–Kier alpha value is 0.0334. The van der Waals surface area contributed by atoms with Gasteiger partial charge < -0.3 is 0 Å². The van der Waals surface area contributed by atoms with Crippen molar-refractivity contribution in [2.75, 3.05) is 0 Å². The van der Waals surface area contributed by atoms with E-state index in [0.717, 1.165) is 0 Å². The molecular formula is C3H4OZn. The van der Waals surface area contributed by atoms with Crippen molar-refractivity contribution in [3.8, 4) is 0 Å². The summed E-state index contributed by atoms with van der Waals surface area (Å²) in [6.45, 7) is 3.11. The first-order valence-corrected chi connectivity index (χ1v) is 0.977. The summed E-state index contributed by atoms with van der Waals surface area (Å²) in [6.07, 6.45) is 1.83. The van der Waals surface area contributed by atoms with Gasteiger partial charge in [-0.25, -0.2) is 0 Å². The Bertz CT molecular complexity index is 27.9. The minimum atomic E-state index is 0. The molecule has 0 aromatic carbocycles. The quantitative estimate of drug-likeness (QED) is 0.278. The first-order valence-electron chi connectivity index (χ1n) is 0.977. The van der Waals surface area contributed by atoms with Crippen LogP contribution in [0, 0.1) is 0 Å². The van der Waals surface area contributed by atoms with Crippen molar-refractivity contribution in [3.05, 3.63) is 12.7 Å². The van der Waals surface area contributed by atoms with E-state index in [-0.39, 0.29) is 19.5 Å². The zero-order valence-corrected chi connectivity index (χ0v) is 5.94. The van der Waals surface area contributed by atoms with Crippen LogP contribution in [0.5, 0.6) is 0 Å². The fourth-order valence-corrected chi connectivity index (χ4v) is 0. The zero-order chi connectivity index (χ0) is 3.41. The Morgan fingerprint density at radius 3 is 1.80 bits per heavy atom. The van der Waals surface area contributed by atoms with E-state index in [1.54, 1.807) is 0 Å². The van der Waals surface area contributed by atoms with Crippen LogP contribution in [0.15, 0.2) is 12.7 Å². The van der Waals surface area contributed by atoms with Gasteiger partial charge in [-0.1, -0.05) is 6.58 Å². The molecule has 0 radical (unpaired) electrons. The molecule has 24 valence electrons. The summed E-state index contributed by atoms with van der Waals surface area (Å²) in [5.74, 6) is 0. The van der Waals surface area contributed by atoms with Gasteiger partial charge in [-0.15, -0.1) is 0 Å². The number of allylic oxidation sites excluding steroid dienone is 1. The summed E-state index contributed by atoms with van der Waals surface area (Å²) >= 11 is 0. The molecule has 0 aromatic heterocycles. The van der Waals surface area contributed by atoms with Gasteiger partial charge in [-0.05, 0) is 6.08 Å². The Kier molecular flexibility index (Phi) is 16.0. The van der Waals surface area contributed by atoms with Gasteiger partial charge in [0, 0.05) is 19.5 Å². The summed E-state index contributed by atoms with van der Waals surface area (Å²) in [5.41, 5.74) is 0. The summed E-state index contributed by atoms with van der Waals surface area (Å²) in [6, 6.07) is 0. The van der Waals surface area contributed by atoms with E-state index in [9.17, 15) is 0 Å². The molecule has 0 atom stereocenters. The maximum absolute atomic E-state index is 9.06. The topological polar surface area (TPSA) is 17.1 Å². The van der Waals surface area contributed by atoms with E-state index < -0.39 is 0 Å². The third-order valence-electron chi connectivity index (χ3n) is 0.0962. The second-order valence-electron chi connectivity index (χ2n) is 0.372. The molecule has 0 unspecified atom stereocenters. The first kappa shape index (κ1) is 8.90. The van der Waals surface area contributed by atoms with E-state index in [4.69, 9.17) is 4.79 Å². The molecule has 1 nitrogen and oxygen atoms in total. The van der Waals surface area contributed by atoms with Crippen LogP contribution in [-0.4, -0.2) is 6.29 Å². The molecule has 0 saturated heterocycles. The molecule has 2 heteroatoms. The molecule has 0 N–H and O–H groups in total. The number of hydrogen-bond acceptors (Lipinski definition) is 1. The second kappa shape index (κ2) is 8.98. The summed E-state index contributed by atoms with van der Waals surface area (Å²) in [7, 11) is 0. The predicted molar refractivity (Wildman–Crippen MR) is 16.3 cm³/mol. The molecular weight excluding hydrogens is 117 g/mol. The number of aldehydes is 1. The van der Waals surface area contributed by atoms with E-state index in [2.05, 4.69) is 6.58 Å². The van der Waals surface area contributed by atoms with Gasteiger partial charge in [-0.3, -0.25) is 4.79 Å². The molecule has 0 amide bonds. The van der Waals surface area contributed by atoms with Crippen LogP contribution < -0.4 is 0 Å². The summed E-state index contributed by atoms with van der Waals surface area (Å²) < 4.78 is 0. The van der Waals surface area contributed by atoms with Crippen LogP contribution in [0.4, 0.5) is 0 Å². The van der Waals surface area contributed by atoms with E-state index in [0.29, 0.717) is 6.29 Å². The molecule has 0 saturated carbocycles. The molecule has 0 aliphatic carbocycles. The van der Waals surface area contributed by atoms with Crippen molar-refractivity contribution in [2.45, 2.75) is 0 Å². The van der Waals surface area contributed by atoms with Gasteiger partial charge in [0.1, 0.15) is 6.29 Å². The number of carbonyl (C=O) groups is 1. The van der Waals surface area contributed by atoms with Crippen LogP contribution in [0.25, 0.3) is 0 Å². The fraction of sp³-hybridized carbons (Fsp3) is 0. The largest absolute Gasteiger partial charge is 0.299 e. The maximum atomic E-state index is 9.06. The summed E-state index contributed by atoms with van der Waals surface area (Å²) in [5, 5.41) is 0. The van der Waals surface area contributed by atoms with Crippen LogP contribution in [0.1, 0.15) is 0 Å². The van der Waals surface area contributed by atoms with E-state index in [1.165, 1.54) is 6.08 Å². The monoisotopic (exact) mass is 120 g/mol. The van der Waals surface area contributed by atoms with Crippen LogP contribution >= 0.6 is 0 Å². The Morgan fingerprint density at radius 1 is 1.60 bits per heavy atom. The first-order chi connectivity index (χ1) is 1.91. The predicted octanol–water partition coefficient (Wildman–Crippen LogP) is 0.369. The molecule has 0 bridgehead atoms. The van der Waals surface area contributed by atoms with Crippen molar-refractivity contribution in [1.29, 1.82) is 0 Å². The number of hydrogen-bond donors (Lipinski definition) is 0. The Labute approximate surface area is 43.8 Å². The zero-order valence-electron chi connectivity index (χ0n) is 2.98. The number of rotatable bonds is 1. The number of carbonyl (C=O) groups excluding carboxylic acids is 1. The minimum absolute atomic E-state index is 0. The smallest absolute Gasteiger partial charge is 0.142 e. The minimum Gasteiger partial charge on any atom is -0.299 e. The van der Waals surface area contributed by atoms with Gasteiger partial charge >= 0.3 is 0 Å². The van der Waals surface area contributed by atoms with Gasteiger partial charge in [-0.2, -0.15) is 0 Å². The average Bonchev–Trinajstić information content (AvgIpc) is 1.37. The van der Waals surface area contributed by atoms with Crippen molar-refractivity contribution in [2.24, 2.45) is 0 Å². The van der Waals surface area contributed by atoms with Gasteiger partial charge in [0.25, 0.3) is 0 Å². The second-order valence-corrected chi connectivity index (χ2v) is 0.372. The van der Waals surface area contributed by atoms with Crippen LogP contribution in [-0.2, 0) is 24.3 Å². The fourth-order valence-electron chi connectivity index (χ4n) is 0. The van der Waals surface area contributed by atoms with Gasteiger partial charge in [0.2, 0.25) is 0 Å². The Balaban J connectivity index is 0. The molecule has 0 fully saturated rings. The van der Waals surface area contributed by atoms with Crippen LogP contribution in [0.2, 0.25) is 0 Å². The van der Waals surface area contributed by atoms with Crippen molar-refractivity contribution < 1.29 is 24.3 Å². The van der Waals surface area contributed by atoms with Crippen LogP contribution in [0.3, 0.4) is 0 Å². The summed E-state index contributed by atoms with van der Waals surface area (Å²) in [4.78, 5) is 9.06. The van der Waals surface area contributed by atoms with Crippen molar-refractivity contribution in [1.82, 2.24) is 0 Å². The van der Waals surface area contributed by atoms with Crippen molar-refractivity contribution in [3.63, 3.8) is 0 Å². The molecule has 0 spiro atoms. The maximum Gasteiger partial charge on any atom is 0.142 e. The molecule has 5 heavy (non-hydrogen) atoms. The third kappa shape index (κ3) is 15.6.